The lowest BCUT2D eigenvalue weighted by molar-refractivity contribution is 0.280. The monoisotopic (exact) mass is 292 g/mol. The van der Waals surface area contributed by atoms with Crippen LogP contribution in [0.15, 0.2) is 22.7 Å². The van der Waals surface area contributed by atoms with E-state index in [9.17, 15) is 0 Å². The Balaban J connectivity index is 2.19. The van der Waals surface area contributed by atoms with Crippen molar-refractivity contribution in [3.63, 3.8) is 0 Å². The van der Waals surface area contributed by atoms with E-state index in [2.05, 4.69) is 46.8 Å². The molecule has 0 unspecified atom stereocenters. The fraction of sp³-hybridized carbons (Fsp3) is 0.500. The molecule has 3 heteroatoms. The number of benzene rings is 1. The number of nitrogens with zero attached hydrogens (tertiary/aromatic N) is 2. The van der Waals surface area contributed by atoms with Gasteiger partial charge in [-0.25, -0.2) is 0 Å². The minimum atomic E-state index is 0.459. The maximum absolute atomic E-state index is 8.98. The topological polar surface area (TPSA) is 27.0 Å². The Morgan fingerprint density at radius 1 is 1.24 bits per heavy atom. The van der Waals surface area contributed by atoms with Crippen LogP contribution in [-0.4, -0.2) is 13.1 Å². The lowest BCUT2D eigenvalue weighted by Crippen LogP contribution is -2.37. The highest BCUT2D eigenvalue weighted by Gasteiger charge is 2.25. The van der Waals surface area contributed by atoms with Crippen LogP contribution in [0.5, 0.6) is 0 Å². The fourth-order valence-electron chi connectivity index (χ4n) is 2.19. The summed E-state index contributed by atoms with van der Waals surface area (Å²) in [4.78, 5) is 2.37. The van der Waals surface area contributed by atoms with Gasteiger partial charge in [0.15, 0.2) is 0 Å². The van der Waals surface area contributed by atoms with Crippen LogP contribution < -0.4 is 4.90 Å². The molecule has 0 spiro atoms. The van der Waals surface area contributed by atoms with Crippen molar-refractivity contribution in [3.8, 4) is 6.07 Å². The predicted molar refractivity (Wildman–Crippen MR) is 74.1 cm³/mol. The van der Waals surface area contributed by atoms with Gasteiger partial charge in [0.25, 0.3) is 0 Å². The summed E-state index contributed by atoms with van der Waals surface area (Å²) < 4.78 is 0.983. The molecule has 0 aliphatic carbocycles. The molecule has 1 aliphatic heterocycles. The fourth-order valence-corrected chi connectivity index (χ4v) is 2.67. The first kappa shape index (κ1) is 12.4. The molecule has 1 heterocycles. The summed E-state index contributed by atoms with van der Waals surface area (Å²) in [7, 11) is 0. The molecular formula is C14H17BrN2. The first-order chi connectivity index (χ1) is 8.00. The molecule has 0 N–H and O–H groups in total. The van der Waals surface area contributed by atoms with Gasteiger partial charge in [-0.1, -0.05) is 29.8 Å². The molecule has 0 amide bonds. The van der Waals surface area contributed by atoms with Crippen LogP contribution in [0.3, 0.4) is 0 Å². The average molecular weight is 293 g/mol. The highest BCUT2D eigenvalue weighted by atomic mass is 79.9. The van der Waals surface area contributed by atoms with Crippen molar-refractivity contribution in [2.24, 2.45) is 5.41 Å². The van der Waals surface area contributed by atoms with Gasteiger partial charge in [-0.2, -0.15) is 5.26 Å². The highest BCUT2D eigenvalue weighted by molar-refractivity contribution is 9.10. The zero-order valence-electron chi connectivity index (χ0n) is 10.3. The van der Waals surface area contributed by atoms with Crippen LogP contribution in [0, 0.1) is 16.7 Å². The number of halogens is 1. The van der Waals surface area contributed by atoms with Crippen LogP contribution >= 0.6 is 15.9 Å². The van der Waals surface area contributed by atoms with Crippen LogP contribution in [0.4, 0.5) is 5.69 Å². The molecule has 1 saturated heterocycles. The van der Waals surface area contributed by atoms with E-state index in [-0.39, 0.29) is 0 Å². The van der Waals surface area contributed by atoms with Crippen molar-refractivity contribution in [2.45, 2.75) is 26.7 Å². The number of rotatable bonds is 1. The molecule has 2 nitrogen and oxygen atoms in total. The second-order valence-corrected chi connectivity index (χ2v) is 6.38. The summed E-state index contributed by atoms with van der Waals surface area (Å²) in [6.45, 7) is 6.81. The zero-order valence-corrected chi connectivity index (χ0v) is 11.9. The molecule has 0 bridgehead atoms. The average Bonchev–Trinajstić information content (AvgIpc) is 2.28. The summed E-state index contributed by atoms with van der Waals surface area (Å²) in [5, 5.41) is 8.98. The van der Waals surface area contributed by atoms with Crippen molar-refractivity contribution < 1.29 is 0 Å². The molecule has 1 fully saturated rings. The molecule has 0 atom stereocenters. The van der Waals surface area contributed by atoms with E-state index < -0.39 is 0 Å². The first-order valence-corrected chi connectivity index (χ1v) is 6.75. The second-order valence-electron chi connectivity index (χ2n) is 5.46. The van der Waals surface area contributed by atoms with Crippen molar-refractivity contribution in [3.05, 3.63) is 28.2 Å². The maximum atomic E-state index is 8.98. The SMILES string of the molecule is CC1(C)CCN(c2cc(Br)cc(C#N)c2)CC1. The molecule has 90 valence electrons. The van der Waals surface area contributed by atoms with Crippen LogP contribution in [0.2, 0.25) is 0 Å². The zero-order chi connectivity index (χ0) is 12.5. The molecule has 1 aliphatic rings. The summed E-state index contributed by atoms with van der Waals surface area (Å²) >= 11 is 3.47. The Morgan fingerprint density at radius 2 is 1.88 bits per heavy atom. The largest absolute Gasteiger partial charge is 0.371 e. The summed E-state index contributed by atoms with van der Waals surface area (Å²) in [6.07, 6.45) is 2.42. The van der Waals surface area contributed by atoms with Gasteiger partial charge in [-0.15, -0.1) is 0 Å². The maximum Gasteiger partial charge on any atom is 0.0992 e. The van der Waals surface area contributed by atoms with Gasteiger partial charge in [0.05, 0.1) is 11.6 Å². The lowest BCUT2D eigenvalue weighted by atomic mass is 9.82. The van der Waals surface area contributed by atoms with Gasteiger partial charge in [-0.05, 0) is 36.5 Å². The van der Waals surface area contributed by atoms with Crippen molar-refractivity contribution in [1.29, 1.82) is 5.26 Å². The van der Waals surface area contributed by atoms with Crippen molar-refractivity contribution in [1.82, 2.24) is 0 Å². The van der Waals surface area contributed by atoms with Gasteiger partial charge in [0.1, 0.15) is 0 Å². The lowest BCUT2D eigenvalue weighted by Gasteiger charge is -2.38. The van der Waals surface area contributed by atoms with Crippen molar-refractivity contribution >= 4 is 21.6 Å². The van der Waals surface area contributed by atoms with Gasteiger partial charge in [0.2, 0.25) is 0 Å². The predicted octanol–water partition coefficient (Wildman–Crippen LogP) is 3.95. The third kappa shape index (κ3) is 3.01. The van der Waals surface area contributed by atoms with Crippen LogP contribution in [0.25, 0.3) is 0 Å². The van der Waals surface area contributed by atoms with Crippen molar-refractivity contribution in [2.75, 3.05) is 18.0 Å². The Morgan fingerprint density at radius 3 is 2.47 bits per heavy atom. The quantitative estimate of drug-likeness (QED) is 0.784. The Kier molecular flexibility index (Phi) is 3.44. The number of anilines is 1. The third-order valence-corrected chi connectivity index (χ3v) is 3.95. The van der Waals surface area contributed by atoms with E-state index in [0.717, 1.165) is 28.8 Å². The van der Waals surface area contributed by atoms with E-state index in [1.54, 1.807) is 0 Å². The minimum absolute atomic E-state index is 0.459. The molecule has 1 aromatic carbocycles. The van der Waals surface area contributed by atoms with Gasteiger partial charge >= 0.3 is 0 Å². The Labute approximate surface area is 111 Å². The van der Waals surface area contributed by atoms with E-state index in [1.165, 1.54) is 12.8 Å². The van der Waals surface area contributed by atoms with E-state index in [4.69, 9.17) is 5.26 Å². The second kappa shape index (κ2) is 4.70. The molecule has 0 aromatic heterocycles. The molecular weight excluding hydrogens is 276 g/mol. The summed E-state index contributed by atoms with van der Waals surface area (Å²) in [5.41, 5.74) is 2.34. The van der Waals surface area contributed by atoms with Gasteiger partial charge < -0.3 is 4.90 Å². The molecule has 0 radical (unpaired) electrons. The molecule has 2 rings (SSSR count). The molecule has 1 aromatic rings. The van der Waals surface area contributed by atoms with E-state index >= 15 is 0 Å². The molecule has 17 heavy (non-hydrogen) atoms. The van der Waals surface area contributed by atoms with Crippen LogP contribution in [0.1, 0.15) is 32.3 Å². The Hall–Kier alpha value is -1.01. The number of nitriles is 1. The summed E-state index contributed by atoms with van der Waals surface area (Å²) in [6, 6.07) is 8.14. The molecule has 0 saturated carbocycles. The summed E-state index contributed by atoms with van der Waals surface area (Å²) in [5.74, 6) is 0. The number of hydrogen-bond acceptors (Lipinski definition) is 2. The standard InChI is InChI=1S/C14H17BrN2/c1-14(2)3-5-17(6-4-14)13-8-11(10-16)7-12(15)9-13/h7-9H,3-6H2,1-2H3. The third-order valence-electron chi connectivity index (χ3n) is 3.49. The van der Waals surface area contributed by atoms with Gasteiger partial charge in [0, 0.05) is 23.2 Å². The first-order valence-electron chi connectivity index (χ1n) is 5.96. The highest BCUT2D eigenvalue weighted by Crippen LogP contribution is 2.33. The van der Waals surface area contributed by atoms with E-state index in [0.29, 0.717) is 5.41 Å². The van der Waals surface area contributed by atoms with Gasteiger partial charge in [-0.3, -0.25) is 0 Å². The minimum Gasteiger partial charge on any atom is -0.371 e. The smallest absolute Gasteiger partial charge is 0.0992 e. The Bertz CT molecular complexity index is 450. The van der Waals surface area contributed by atoms with Crippen LogP contribution in [-0.2, 0) is 0 Å². The normalized spacial score (nSPS) is 18.8. The number of piperidine rings is 1. The number of hydrogen-bond donors (Lipinski definition) is 0. The van der Waals surface area contributed by atoms with E-state index in [1.807, 2.05) is 12.1 Å².